The van der Waals surface area contributed by atoms with E-state index < -0.39 is 6.10 Å². The van der Waals surface area contributed by atoms with Crippen LogP contribution in [0.4, 0.5) is 0 Å². The molecule has 3 rings (SSSR count). The van der Waals surface area contributed by atoms with Crippen molar-refractivity contribution in [3.63, 3.8) is 0 Å². The topological polar surface area (TPSA) is 71.9 Å². The zero-order valence-corrected chi connectivity index (χ0v) is 17.0. The number of likely N-dealkylation sites (tertiary alicyclic amines) is 1. The molecular weight excluding hydrogens is 403 g/mol. The minimum atomic E-state index is -0.891. The van der Waals surface area contributed by atoms with Gasteiger partial charge < -0.3 is 19.5 Å². The number of nitrogens with zero attached hydrogens (tertiary/aromatic N) is 2. The van der Waals surface area contributed by atoms with Gasteiger partial charge in [0.1, 0.15) is 17.6 Å². The van der Waals surface area contributed by atoms with Crippen molar-refractivity contribution < 1.29 is 19.4 Å². The van der Waals surface area contributed by atoms with Crippen molar-refractivity contribution in [2.24, 2.45) is 0 Å². The predicted octanol–water partition coefficient (Wildman–Crippen LogP) is 3.89. The molecule has 1 amide bonds. The molecule has 1 N–H and O–H groups in total. The largest absolute Gasteiger partial charge is 0.496 e. The third-order valence-electron chi connectivity index (χ3n) is 4.84. The van der Waals surface area contributed by atoms with Gasteiger partial charge in [-0.25, -0.2) is 0 Å². The van der Waals surface area contributed by atoms with Crippen LogP contribution in [0, 0.1) is 0 Å². The fourth-order valence-corrected chi connectivity index (χ4v) is 3.69. The predicted molar refractivity (Wildman–Crippen MR) is 107 cm³/mol. The molecule has 1 aliphatic rings. The first kappa shape index (κ1) is 20.7. The molecule has 0 spiro atoms. The van der Waals surface area contributed by atoms with Crippen LogP contribution < -0.4 is 9.47 Å². The van der Waals surface area contributed by atoms with E-state index in [0.717, 1.165) is 12.8 Å². The number of hydrogen-bond donors (Lipinski definition) is 1. The summed E-state index contributed by atoms with van der Waals surface area (Å²) in [6.45, 7) is 0.416. The van der Waals surface area contributed by atoms with Crippen molar-refractivity contribution in [2.75, 3.05) is 20.3 Å². The Morgan fingerprint density at radius 1 is 1.32 bits per heavy atom. The number of rotatable bonds is 6. The smallest absolute Gasteiger partial charge is 0.260 e. The summed E-state index contributed by atoms with van der Waals surface area (Å²) in [7, 11) is 1.54. The van der Waals surface area contributed by atoms with Crippen LogP contribution in [0.1, 0.15) is 30.9 Å². The summed E-state index contributed by atoms with van der Waals surface area (Å²) >= 11 is 11.9. The molecule has 0 radical (unpaired) electrons. The van der Waals surface area contributed by atoms with Crippen LogP contribution in [0.3, 0.4) is 0 Å². The van der Waals surface area contributed by atoms with Crippen molar-refractivity contribution >= 4 is 29.1 Å². The van der Waals surface area contributed by atoms with Gasteiger partial charge in [0.2, 0.25) is 0 Å². The number of hydrogen-bond acceptors (Lipinski definition) is 5. The van der Waals surface area contributed by atoms with Crippen LogP contribution in [0.25, 0.3) is 0 Å². The third kappa shape index (κ3) is 4.69. The standard InChI is InChI=1S/C20H22Cl2N2O4/c1-27-18-7-8-23-11-14(18)20(26)17-4-2-3-9-24(17)19(25)12-28-13-5-6-15(21)16(22)10-13/h5-8,10-11,17,20,26H,2-4,9,12H2,1H3. The number of amides is 1. The molecule has 0 aliphatic carbocycles. The van der Waals surface area contributed by atoms with Gasteiger partial charge in [-0.1, -0.05) is 23.2 Å². The first-order chi connectivity index (χ1) is 13.5. The highest BCUT2D eigenvalue weighted by Gasteiger charge is 2.34. The van der Waals surface area contributed by atoms with Crippen molar-refractivity contribution in [1.29, 1.82) is 0 Å². The average Bonchev–Trinajstić information content (AvgIpc) is 2.73. The molecule has 1 aromatic heterocycles. The minimum absolute atomic E-state index is 0.147. The van der Waals surface area contributed by atoms with Crippen LogP contribution >= 0.6 is 23.2 Å². The summed E-state index contributed by atoms with van der Waals surface area (Å²) < 4.78 is 10.9. The Morgan fingerprint density at radius 3 is 2.89 bits per heavy atom. The molecule has 2 heterocycles. The van der Waals surface area contributed by atoms with Gasteiger partial charge in [0.25, 0.3) is 5.91 Å². The molecule has 150 valence electrons. The number of aliphatic hydroxyl groups is 1. The first-order valence-electron chi connectivity index (χ1n) is 9.04. The summed E-state index contributed by atoms with van der Waals surface area (Å²) in [6.07, 6.45) is 4.79. The molecule has 2 aromatic rings. The second-order valence-corrected chi connectivity index (χ2v) is 7.39. The van der Waals surface area contributed by atoms with E-state index in [1.54, 1.807) is 48.7 Å². The molecule has 2 atom stereocenters. The number of benzene rings is 1. The second kappa shape index (κ2) is 9.45. The SMILES string of the molecule is COc1ccncc1C(O)C1CCCCN1C(=O)COc1ccc(Cl)c(Cl)c1. The lowest BCUT2D eigenvalue weighted by Crippen LogP contribution is -2.48. The number of aliphatic hydroxyl groups excluding tert-OH is 1. The summed E-state index contributed by atoms with van der Waals surface area (Å²) in [5.74, 6) is 0.816. The molecule has 2 unspecified atom stereocenters. The number of methoxy groups -OCH3 is 1. The molecule has 1 saturated heterocycles. The van der Waals surface area contributed by atoms with Crippen LogP contribution in [-0.2, 0) is 4.79 Å². The van der Waals surface area contributed by atoms with E-state index in [4.69, 9.17) is 32.7 Å². The number of pyridine rings is 1. The van der Waals surface area contributed by atoms with Gasteiger partial charge in [-0.15, -0.1) is 0 Å². The van der Waals surface area contributed by atoms with Gasteiger partial charge >= 0.3 is 0 Å². The summed E-state index contributed by atoms with van der Waals surface area (Å²) in [5.41, 5.74) is 0.570. The zero-order chi connectivity index (χ0) is 20.1. The van der Waals surface area contributed by atoms with Gasteiger partial charge in [-0.3, -0.25) is 9.78 Å². The lowest BCUT2D eigenvalue weighted by molar-refractivity contribution is -0.140. The second-order valence-electron chi connectivity index (χ2n) is 6.58. The maximum Gasteiger partial charge on any atom is 0.260 e. The minimum Gasteiger partial charge on any atom is -0.496 e. The van der Waals surface area contributed by atoms with Crippen LogP contribution in [-0.4, -0.2) is 47.2 Å². The van der Waals surface area contributed by atoms with E-state index in [1.807, 2.05) is 0 Å². The van der Waals surface area contributed by atoms with Crippen LogP contribution in [0.5, 0.6) is 11.5 Å². The van der Waals surface area contributed by atoms with Gasteiger partial charge in [0, 0.05) is 30.6 Å². The van der Waals surface area contributed by atoms with E-state index in [1.165, 1.54) is 0 Å². The van der Waals surface area contributed by atoms with Gasteiger partial charge in [0.15, 0.2) is 6.61 Å². The van der Waals surface area contributed by atoms with E-state index in [0.29, 0.717) is 40.1 Å². The van der Waals surface area contributed by atoms with Crippen LogP contribution in [0.15, 0.2) is 36.7 Å². The average molecular weight is 425 g/mol. The third-order valence-corrected chi connectivity index (χ3v) is 5.58. The van der Waals surface area contributed by atoms with E-state index in [2.05, 4.69) is 4.98 Å². The first-order valence-corrected chi connectivity index (χ1v) is 9.80. The highest BCUT2D eigenvalue weighted by molar-refractivity contribution is 6.42. The Kier molecular flexibility index (Phi) is 6.99. The number of piperidine rings is 1. The highest BCUT2D eigenvalue weighted by atomic mass is 35.5. The maximum atomic E-state index is 12.8. The molecular formula is C20H22Cl2N2O4. The van der Waals surface area contributed by atoms with E-state index in [9.17, 15) is 9.90 Å². The summed E-state index contributed by atoms with van der Waals surface area (Å²) in [6, 6.07) is 6.18. The Hall–Kier alpha value is -2.02. The maximum absolute atomic E-state index is 12.8. The Balaban J connectivity index is 1.71. The number of ether oxygens (including phenoxy) is 2. The lowest BCUT2D eigenvalue weighted by atomic mass is 9.93. The number of carbonyl (C=O) groups excluding carboxylic acids is 1. The Bertz CT molecular complexity index is 834. The van der Waals surface area contributed by atoms with Crippen molar-refractivity contribution in [1.82, 2.24) is 9.88 Å². The van der Waals surface area contributed by atoms with Crippen molar-refractivity contribution in [3.05, 3.63) is 52.3 Å². The van der Waals surface area contributed by atoms with Gasteiger partial charge in [-0.2, -0.15) is 0 Å². The van der Waals surface area contributed by atoms with Crippen LogP contribution in [0.2, 0.25) is 10.0 Å². The quantitative estimate of drug-likeness (QED) is 0.761. The summed E-state index contributed by atoms with van der Waals surface area (Å²) in [4.78, 5) is 18.6. The Morgan fingerprint density at radius 2 is 2.14 bits per heavy atom. The summed E-state index contributed by atoms with van der Waals surface area (Å²) in [5, 5.41) is 11.7. The molecule has 0 bridgehead atoms. The van der Waals surface area contributed by atoms with E-state index >= 15 is 0 Å². The molecule has 8 heteroatoms. The molecule has 28 heavy (non-hydrogen) atoms. The van der Waals surface area contributed by atoms with Gasteiger partial charge in [-0.05, 0) is 37.5 Å². The zero-order valence-electron chi connectivity index (χ0n) is 15.5. The molecule has 1 aliphatic heterocycles. The Labute approximate surface area is 174 Å². The molecule has 1 aromatic carbocycles. The fourth-order valence-electron chi connectivity index (χ4n) is 3.40. The lowest BCUT2D eigenvalue weighted by Gasteiger charge is -2.38. The number of aromatic nitrogens is 1. The number of halogens is 2. The van der Waals surface area contributed by atoms with Crippen molar-refractivity contribution in [2.45, 2.75) is 31.4 Å². The van der Waals surface area contributed by atoms with Gasteiger partial charge in [0.05, 0.1) is 23.2 Å². The van der Waals surface area contributed by atoms with E-state index in [-0.39, 0.29) is 18.6 Å². The molecule has 0 saturated carbocycles. The normalized spacial score (nSPS) is 17.9. The highest BCUT2D eigenvalue weighted by Crippen LogP contribution is 2.33. The molecule has 1 fully saturated rings. The van der Waals surface area contributed by atoms with Crippen molar-refractivity contribution in [3.8, 4) is 11.5 Å². The fraction of sp³-hybridized carbons (Fsp3) is 0.400. The molecule has 6 nitrogen and oxygen atoms in total. The number of carbonyl (C=O) groups is 1. The monoisotopic (exact) mass is 424 g/mol.